The molecule has 0 radical (unpaired) electrons. The Balaban J connectivity index is 1.10. The van der Waals surface area contributed by atoms with E-state index in [0.717, 1.165) is 35.5 Å². The maximum absolute atomic E-state index is 2.56. The molecule has 1 nitrogen and oxygen atoms in total. The van der Waals surface area contributed by atoms with Crippen LogP contribution < -0.4 is 4.90 Å². The minimum absolute atomic E-state index is 0.121. The summed E-state index contributed by atoms with van der Waals surface area (Å²) in [6, 6.07) is 49.5. The average molecular weight is 676 g/mol. The van der Waals surface area contributed by atoms with Crippen molar-refractivity contribution in [2.75, 3.05) is 4.90 Å². The van der Waals surface area contributed by atoms with Crippen molar-refractivity contribution in [2.24, 2.45) is 23.7 Å². The van der Waals surface area contributed by atoms with Gasteiger partial charge in [-0.15, -0.1) is 0 Å². The molecule has 6 aromatic rings. The molecule has 5 aliphatic rings. The van der Waals surface area contributed by atoms with Crippen molar-refractivity contribution in [2.45, 2.75) is 82.5 Å². The van der Waals surface area contributed by atoms with Gasteiger partial charge in [0.15, 0.2) is 0 Å². The van der Waals surface area contributed by atoms with Crippen molar-refractivity contribution in [1.82, 2.24) is 0 Å². The second kappa shape index (κ2) is 11.7. The van der Waals surface area contributed by atoms with E-state index in [9.17, 15) is 0 Å². The minimum Gasteiger partial charge on any atom is -0.310 e. The fraction of sp³-hybridized carbons (Fsp3) is 0.333. The maximum atomic E-state index is 2.56. The van der Waals surface area contributed by atoms with Crippen LogP contribution in [-0.4, -0.2) is 0 Å². The van der Waals surface area contributed by atoms with Gasteiger partial charge in [0, 0.05) is 22.5 Å². The van der Waals surface area contributed by atoms with Gasteiger partial charge in [-0.3, -0.25) is 0 Å². The first-order chi connectivity index (χ1) is 25.5. The molecule has 0 amide bonds. The van der Waals surface area contributed by atoms with Crippen LogP contribution in [0.4, 0.5) is 17.1 Å². The van der Waals surface area contributed by atoms with Crippen molar-refractivity contribution in [1.29, 1.82) is 0 Å². The lowest BCUT2D eigenvalue weighted by molar-refractivity contribution is 0.420. The number of nitrogens with zero attached hydrogens (tertiary/aromatic N) is 1. The summed E-state index contributed by atoms with van der Waals surface area (Å²) in [5.41, 5.74) is 14.9. The fourth-order valence-electron chi connectivity index (χ4n) is 12.1. The third kappa shape index (κ3) is 4.74. The average Bonchev–Trinajstić information content (AvgIpc) is 4.04. The molecular formula is C51H49N. The van der Waals surface area contributed by atoms with E-state index in [0.29, 0.717) is 0 Å². The van der Waals surface area contributed by atoms with Crippen LogP contribution in [0.5, 0.6) is 0 Å². The summed E-state index contributed by atoms with van der Waals surface area (Å²) in [4.78, 5) is 2.56. The van der Waals surface area contributed by atoms with Crippen molar-refractivity contribution >= 4 is 27.8 Å². The normalized spacial score (nSPS) is 26.2. The van der Waals surface area contributed by atoms with Gasteiger partial charge in [0.2, 0.25) is 0 Å². The summed E-state index contributed by atoms with van der Waals surface area (Å²) in [5, 5.41) is 2.59. The fourth-order valence-corrected chi connectivity index (χ4v) is 12.1. The van der Waals surface area contributed by atoms with Crippen LogP contribution in [0.3, 0.4) is 0 Å². The Morgan fingerprint density at radius 3 is 1.67 bits per heavy atom. The molecule has 258 valence electrons. The summed E-state index contributed by atoms with van der Waals surface area (Å²) in [6.07, 6.45) is 11.4. The molecular weight excluding hydrogens is 627 g/mol. The molecule has 11 rings (SSSR count). The lowest BCUT2D eigenvalue weighted by Crippen LogP contribution is -2.17. The minimum atomic E-state index is -0.121. The number of hydrogen-bond donors (Lipinski definition) is 0. The molecule has 4 bridgehead atoms. The van der Waals surface area contributed by atoms with Crippen LogP contribution >= 0.6 is 0 Å². The van der Waals surface area contributed by atoms with Crippen LogP contribution in [0.1, 0.15) is 99.3 Å². The van der Waals surface area contributed by atoms with Crippen LogP contribution in [0.25, 0.3) is 33.0 Å². The smallest absolute Gasteiger partial charge is 0.0471 e. The first-order valence-corrected chi connectivity index (χ1v) is 20.3. The zero-order valence-corrected chi connectivity index (χ0v) is 30.7. The van der Waals surface area contributed by atoms with Crippen LogP contribution in [0.15, 0.2) is 127 Å². The second-order valence-corrected chi connectivity index (χ2v) is 17.7. The highest BCUT2D eigenvalue weighted by atomic mass is 15.1. The highest BCUT2D eigenvalue weighted by Crippen LogP contribution is 2.57. The molecule has 0 aromatic heterocycles. The quantitative estimate of drug-likeness (QED) is 0.170. The molecule has 6 unspecified atom stereocenters. The van der Waals surface area contributed by atoms with Crippen molar-refractivity contribution in [3.63, 3.8) is 0 Å². The molecule has 6 aromatic carbocycles. The van der Waals surface area contributed by atoms with Crippen LogP contribution in [0, 0.1) is 23.7 Å². The first kappa shape index (κ1) is 31.0. The zero-order chi connectivity index (χ0) is 34.6. The van der Waals surface area contributed by atoms with Gasteiger partial charge >= 0.3 is 0 Å². The number of hydrogen-bond acceptors (Lipinski definition) is 1. The van der Waals surface area contributed by atoms with E-state index in [1.165, 1.54) is 113 Å². The number of benzene rings is 6. The van der Waals surface area contributed by atoms with Gasteiger partial charge in [-0.2, -0.15) is 0 Å². The zero-order valence-electron chi connectivity index (χ0n) is 30.7. The van der Waals surface area contributed by atoms with Crippen molar-refractivity contribution in [3.8, 4) is 22.3 Å². The topological polar surface area (TPSA) is 3.24 Å². The third-order valence-corrected chi connectivity index (χ3v) is 14.6. The maximum Gasteiger partial charge on any atom is 0.0471 e. The second-order valence-electron chi connectivity index (χ2n) is 17.7. The van der Waals surface area contributed by atoms with E-state index in [1.807, 2.05) is 0 Å². The van der Waals surface area contributed by atoms with E-state index >= 15 is 0 Å². The van der Waals surface area contributed by atoms with Crippen LogP contribution in [-0.2, 0) is 5.41 Å². The Kier molecular flexibility index (Phi) is 6.96. The van der Waals surface area contributed by atoms with E-state index in [4.69, 9.17) is 0 Å². The molecule has 0 aliphatic heterocycles. The summed E-state index contributed by atoms with van der Waals surface area (Å²) < 4.78 is 0. The molecule has 0 N–H and O–H groups in total. The monoisotopic (exact) mass is 675 g/mol. The Morgan fingerprint density at radius 1 is 0.481 bits per heavy atom. The van der Waals surface area contributed by atoms with Gasteiger partial charge in [0.25, 0.3) is 0 Å². The molecule has 52 heavy (non-hydrogen) atoms. The Labute approximate surface area is 309 Å². The Morgan fingerprint density at radius 2 is 1.06 bits per heavy atom. The van der Waals surface area contributed by atoms with Crippen LogP contribution in [0.2, 0.25) is 0 Å². The predicted octanol–water partition coefficient (Wildman–Crippen LogP) is 14.1. The summed E-state index contributed by atoms with van der Waals surface area (Å²) >= 11 is 0. The molecule has 0 spiro atoms. The SMILES string of the molecule is CC1(C)c2ccccc2-c2c(-c3cccc4ccccc34)cc(N(c3ccc(C4CC5CCC4C5)cc3)c3ccc(C4CC5CCC4C5)cc3)cc21. The number of rotatable bonds is 6. The first-order valence-electron chi connectivity index (χ1n) is 20.3. The van der Waals surface area contributed by atoms with Gasteiger partial charge in [0.1, 0.15) is 0 Å². The lowest BCUT2D eigenvalue weighted by atomic mass is 9.81. The highest BCUT2D eigenvalue weighted by Gasteiger charge is 2.42. The van der Waals surface area contributed by atoms with Gasteiger partial charge < -0.3 is 4.90 Å². The predicted molar refractivity (Wildman–Crippen MR) is 218 cm³/mol. The van der Waals surface area contributed by atoms with E-state index in [1.54, 1.807) is 11.1 Å². The van der Waals surface area contributed by atoms with E-state index in [-0.39, 0.29) is 5.41 Å². The Hall–Kier alpha value is -4.62. The third-order valence-electron chi connectivity index (χ3n) is 14.6. The standard InChI is InChI=1S/C51H49N/c1-51(2)48-13-6-5-11-44(48)50-47(43-12-7-9-34-8-3-4-10-42(34)43)30-41(31-49(50)51)52(39-22-18-35(19-23-39)45-28-32-14-16-37(45)26-32)40-24-20-36(21-25-40)46-29-33-15-17-38(46)27-33/h3-13,18-25,30-33,37-38,45-46H,14-17,26-29H2,1-2H3. The van der Waals surface area contributed by atoms with Crippen molar-refractivity contribution < 1.29 is 0 Å². The molecule has 6 atom stereocenters. The molecule has 0 heterocycles. The molecule has 0 saturated heterocycles. The lowest BCUT2D eigenvalue weighted by Gasteiger charge is -2.30. The highest BCUT2D eigenvalue weighted by molar-refractivity contribution is 6.04. The van der Waals surface area contributed by atoms with Gasteiger partial charge in [-0.25, -0.2) is 0 Å². The summed E-state index contributed by atoms with van der Waals surface area (Å²) in [6.45, 7) is 4.85. The number of anilines is 3. The largest absolute Gasteiger partial charge is 0.310 e. The molecule has 1 heteroatoms. The Bertz CT molecular complexity index is 2250. The summed E-state index contributed by atoms with van der Waals surface area (Å²) in [7, 11) is 0. The molecule has 4 fully saturated rings. The summed E-state index contributed by atoms with van der Waals surface area (Å²) in [5.74, 6) is 5.14. The van der Waals surface area contributed by atoms with Gasteiger partial charge in [0.05, 0.1) is 0 Å². The number of fused-ring (bicyclic) bond motifs is 8. The van der Waals surface area contributed by atoms with Gasteiger partial charge in [-0.05, 0) is 166 Å². The molecule has 5 aliphatic carbocycles. The van der Waals surface area contributed by atoms with Crippen molar-refractivity contribution in [3.05, 3.63) is 150 Å². The molecule has 4 saturated carbocycles. The van der Waals surface area contributed by atoms with Gasteiger partial charge in [-0.1, -0.05) is 118 Å². The van der Waals surface area contributed by atoms with E-state index in [2.05, 4.69) is 146 Å². The van der Waals surface area contributed by atoms with E-state index < -0.39 is 0 Å².